The van der Waals surface area contributed by atoms with E-state index in [4.69, 9.17) is 14.2 Å². The average molecular weight is 326 g/mol. The first-order chi connectivity index (χ1) is 11.6. The molecule has 0 amide bonds. The number of carbonyl (C=O) groups is 1. The van der Waals surface area contributed by atoms with Crippen LogP contribution in [-0.2, 0) is 6.42 Å². The van der Waals surface area contributed by atoms with Crippen LogP contribution in [-0.4, -0.2) is 27.1 Å². The molecule has 0 saturated heterocycles. The van der Waals surface area contributed by atoms with Gasteiger partial charge in [-0.2, -0.15) is 0 Å². The van der Waals surface area contributed by atoms with E-state index in [1.165, 1.54) is 25.9 Å². The summed E-state index contributed by atoms with van der Waals surface area (Å²) in [7, 11) is 4.68. The molecule has 0 spiro atoms. The van der Waals surface area contributed by atoms with Crippen LogP contribution >= 0.6 is 0 Å². The van der Waals surface area contributed by atoms with Crippen molar-refractivity contribution in [2.75, 3.05) is 21.3 Å². The third-order valence-electron chi connectivity index (χ3n) is 3.79. The van der Waals surface area contributed by atoms with Crippen LogP contribution in [0.2, 0.25) is 0 Å². The molecule has 0 heterocycles. The van der Waals surface area contributed by atoms with Crippen molar-refractivity contribution in [2.45, 2.75) is 13.3 Å². The van der Waals surface area contributed by atoms with E-state index in [0.29, 0.717) is 17.1 Å². The standard InChI is InChI=1S/C20H22O4/c1-5-14-9-12-17(22-2)15(13-14)10-11-16(21)20-18(23-3)7-6-8-19(20)24-4/h6-13H,5H2,1-4H3/b11-10+. The highest BCUT2D eigenvalue weighted by Gasteiger charge is 2.16. The van der Waals surface area contributed by atoms with Crippen LogP contribution in [0.5, 0.6) is 17.2 Å². The maximum atomic E-state index is 12.6. The number of benzene rings is 2. The lowest BCUT2D eigenvalue weighted by Gasteiger charge is -2.10. The molecule has 0 bridgehead atoms. The Bertz CT molecular complexity index is 725. The molecular weight excluding hydrogens is 304 g/mol. The molecule has 0 N–H and O–H groups in total. The molecule has 0 saturated carbocycles. The maximum Gasteiger partial charge on any atom is 0.193 e. The Labute approximate surface area is 142 Å². The van der Waals surface area contributed by atoms with Crippen LogP contribution in [0.25, 0.3) is 6.08 Å². The summed E-state index contributed by atoms with van der Waals surface area (Å²) in [5.41, 5.74) is 2.45. The van der Waals surface area contributed by atoms with Crippen molar-refractivity contribution in [3.05, 3.63) is 59.2 Å². The third-order valence-corrected chi connectivity index (χ3v) is 3.79. The summed E-state index contributed by atoms with van der Waals surface area (Å²) < 4.78 is 15.9. The SMILES string of the molecule is CCc1ccc(OC)c(/C=C/C(=O)c2c(OC)cccc2OC)c1. The quantitative estimate of drug-likeness (QED) is 0.566. The van der Waals surface area contributed by atoms with E-state index >= 15 is 0 Å². The normalized spacial score (nSPS) is 10.7. The molecule has 0 aliphatic heterocycles. The predicted molar refractivity (Wildman–Crippen MR) is 95.3 cm³/mol. The molecule has 0 aliphatic rings. The van der Waals surface area contributed by atoms with Crippen LogP contribution < -0.4 is 14.2 Å². The second kappa shape index (κ2) is 8.20. The zero-order chi connectivity index (χ0) is 17.5. The van der Waals surface area contributed by atoms with Gasteiger partial charge in [0.1, 0.15) is 22.8 Å². The van der Waals surface area contributed by atoms with E-state index < -0.39 is 0 Å². The molecule has 0 unspecified atom stereocenters. The van der Waals surface area contributed by atoms with E-state index in [1.807, 2.05) is 18.2 Å². The number of methoxy groups -OCH3 is 3. The number of ether oxygens (including phenoxy) is 3. The van der Waals surface area contributed by atoms with Gasteiger partial charge in [0.15, 0.2) is 5.78 Å². The van der Waals surface area contributed by atoms with E-state index in [0.717, 1.165) is 17.7 Å². The van der Waals surface area contributed by atoms with Gasteiger partial charge < -0.3 is 14.2 Å². The van der Waals surface area contributed by atoms with Gasteiger partial charge in [-0.1, -0.05) is 19.1 Å². The summed E-state index contributed by atoms with van der Waals surface area (Å²) in [5, 5.41) is 0. The van der Waals surface area contributed by atoms with Gasteiger partial charge in [-0.15, -0.1) is 0 Å². The van der Waals surface area contributed by atoms with Crippen LogP contribution in [0.15, 0.2) is 42.5 Å². The Kier molecular flexibility index (Phi) is 6.01. The van der Waals surface area contributed by atoms with Crippen LogP contribution in [0, 0.1) is 0 Å². The van der Waals surface area contributed by atoms with E-state index in [2.05, 4.69) is 6.92 Å². The number of ketones is 1. The number of allylic oxidation sites excluding steroid dienone is 1. The molecule has 24 heavy (non-hydrogen) atoms. The monoisotopic (exact) mass is 326 g/mol. The summed E-state index contributed by atoms with van der Waals surface area (Å²) >= 11 is 0. The van der Waals surface area contributed by atoms with Gasteiger partial charge in [-0.05, 0) is 48.4 Å². The summed E-state index contributed by atoms with van der Waals surface area (Å²) in [5.74, 6) is 1.51. The Morgan fingerprint density at radius 2 is 1.58 bits per heavy atom. The molecule has 0 fully saturated rings. The first-order valence-electron chi connectivity index (χ1n) is 7.74. The largest absolute Gasteiger partial charge is 0.496 e. The smallest absolute Gasteiger partial charge is 0.193 e. The highest BCUT2D eigenvalue weighted by Crippen LogP contribution is 2.29. The Morgan fingerprint density at radius 3 is 2.12 bits per heavy atom. The molecule has 2 aromatic rings. The van der Waals surface area contributed by atoms with Gasteiger partial charge in [0, 0.05) is 5.56 Å². The molecule has 4 heteroatoms. The van der Waals surface area contributed by atoms with Gasteiger partial charge in [0.2, 0.25) is 0 Å². The molecule has 0 aliphatic carbocycles. The van der Waals surface area contributed by atoms with Crippen LogP contribution in [0.1, 0.15) is 28.4 Å². The summed E-state index contributed by atoms with van der Waals surface area (Å²) in [4.78, 5) is 12.6. The zero-order valence-electron chi connectivity index (χ0n) is 14.5. The van der Waals surface area contributed by atoms with Gasteiger partial charge in [-0.3, -0.25) is 4.79 Å². The second-order valence-corrected chi connectivity index (χ2v) is 5.16. The summed E-state index contributed by atoms with van der Waals surface area (Å²) in [6, 6.07) is 11.2. The van der Waals surface area contributed by atoms with Gasteiger partial charge in [0.05, 0.1) is 21.3 Å². The Hall–Kier alpha value is -2.75. The summed E-state index contributed by atoms with van der Waals surface area (Å²) in [6.45, 7) is 2.08. The highest BCUT2D eigenvalue weighted by atomic mass is 16.5. The maximum absolute atomic E-state index is 12.6. The number of carbonyl (C=O) groups excluding carboxylic acids is 1. The molecule has 4 nitrogen and oxygen atoms in total. The first-order valence-corrected chi connectivity index (χ1v) is 7.74. The minimum Gasteiger partial charge on any atom is -0.496 e. The van der Waals surface area contributed by atoms with Crippen molar-refractivity contribution < 1.29 is 19.0 Å². The fraction of sp³-hybridized carbons (Fsp3) is 0.250. The van der Waals surface area contributed by atoms with Crippen molar-refractivity contribution in [1.82, 2.24) is 0 Å². The van der Waals surface area contributed by atoms with Crippen molar-refractivity contribution in [3.63, 3.8) is 0 Å². The molecule has 126 valence electrons. The topological polar surface area (TPSA) is 44.8 Å². The first kappa shape index (κ1) is 17.6. The predicted octanol–water partition coefficient (Wildman–Crippen LogP) is 4.17. The van der Waals surface area contributed by atoms with Gasteiger partial charge in [0.25, 0.3) is 0 Å². The van der Waals surface area contributed by atoms with E-state index in [-0.39, 0.29) is 5.78 Å². The van der Waals surface area contributed by atoms with Crippen molar-refractivity contribution in [3.8, 4) is 17.2 Å². The fourth-order valence-electron chi connectivity index (χ4n) is 2.48. The Morgan fingerprint density at radius 1 is 0.958 bits per heavy atom. The van der Waals surface area contributed by atoms with Gasteiger partial charge >= 0.3 is 0 Å². The lowest BCUT2D eigenvalue weighted by atomic mass is 10.0. The number of hydrogen-bond donors (Lipinski definition) is 0. The zero-order valence-corrected chi connectivity index (χ0v) is 14.5. The van der Waals surface area contributed by atoms with Gasteiger partial charge in [-0.25, -0.2) is 0 Å². The molecule has 0 atom stereocenters. The number of rotatable bonds is 7. The number of aryl methyl sites for hydroxylation is 1. The van der Waals surface area contributed by atoms with Crippen molar-refractivity contribution in [1.29, 1.82) is 0 Å². The third kappa shape index (κ3) is 3.77. The Balaban J connectivity index is 2.38. The average Bonchev–Trinajstić information content (AvgIpc) is 2.64. The van der Waals surface area contributed by atoms with Crippen molar-refractivity contribution >= 4 is 11.9 Å². The lowest BCUT2D eigenvalue weighted by molar-refractivity contribution is 0.104. The molecule has 0 radical (unpaired) electrons. The number of hydrogen-bond acceptors (Lipinski definition) is 4. The highest BCUT2D eigenvalue weighted by molar-refractivity contribution is 6.10. The van der Waals surface area contributed by atoms with Crippen LogP contribution in [0.3, 0.4) is 0 Å². The molecule has 2 aromatic carbocycles. The van der Waals surface area contributed by atoms with E-state index in [9.17, 15) is 4.79 Å². The van der Waals surface area contributed by atoms with Crippen LogP contribution in [0.4, 0.5) is 0 Å². The molecule has 0 aromatic heterocycles. The van der Waals surface area contributed by atoms with Crippen molar-refractivity contribution in [2.24, 2.45) is 0 Å². The fourth-order valence-corrected chi connectivity index (χ4v) is 2.48. The lowest BCUT2D eigenvalue weighted by Crippen LogP contribution is -2.02. The molecule has 2 rings (SSSR count). The summed E-state index contributed by atoms with van der Waals surface area (Å²) in [6.07, 6.45) is 4.18. The minimum atomic E-state index is -0.187. The minimum absolute atomic E-state index is 0.187. The van der Waals surface area contributed by atoms with E-state index in [1.54, 1.807) is 31.4 Å². The second-order valence-electron chi connectivity index (χ2n) is 5.16. The molecular formula is C20H22O4.